The zero-order valence-corrected chi connectivity index (χ0v) is 14.9. The third-order valence-electron chi connectivity index (χ3n) is 5.54. The number of carbonyl (C=O) groups excluding carboxylic acids is 1. The molecule has 1 aliphatic carbocycles. The normalized spacial score (nSPS) is 26.4. The Hall–Kier alpha value is -0.610. The summed E-state index contributed by atoms with van der Waals surface area (Å²) in [6.45, 7) is 5.22. The Morgan fingerprint density at radius 3 is 2.65 bits per heavy atom. The second-order valence-electron chi connectivity index (χ2n) is 7.63. The molecular formula is C19H36N2O2. The standard InChI is InChI=1S/C19H36N2O2/c1-2-7-19(23)21-14-17(10-6-11-22)12-18(15-21)20-13-16-8-4-3-5-9-16/h16-18,20,22H,2-15H2,1H3. The largest absolute Gasteiger partial charge is 0.396 e. The monoisotopic (exact) mass is 324 g/mol. The van der Waals surface area contributed by atoms with Crippen LogP contribution in [-0.2, 0) is 4.79 Å². The summed E-state index contributed by atoms with van der Waals surface area (Å²) in [5.74, 6) is 1.69. The first-order valence-electron chi connectivity index (χ1n) is 9.85. The molecule has 2 N–H and O–H groups in total. The first-order chi connectivity index (χ1) is 11.2. The quantitative estimate of drug-likeness (QED) is 0.722. The van der Waals surface area contributed by atoms with Crippen LogP contribution in [0.5, 0.6) is 0 Å². The highest BCUT2D eigenvalue weighted by Gasteiger charge is 2.29. The average Bonchev–Trinajstić information content (AvgIpc) is 2.59. The zero-order chi connectivity index (χ0) is 16.5. The fraction of sp³-hybridized carbons (Fsp3) is 0.947. The van der Waals surface area contributed by atoms with E-state index in [1.54, 1.807) is 0 Å². The number of nitrogens with zero attached hydrogens (tertiary/aromatic N) is 1. The van der Waals surface area contributed by atoms with E-state index in [1.165, 1.54) is 32.1 Å². The summed E-state index contributed by atoms with van der Waals surface area (Å²) < 4.78 is 0. The minimum Gasteiger partial charge on any atom is -0.396 e. The van der Waals surface area contributed by atoms with Gasteiger partial charge in [-0.05, 0) is 56.9 Å². The highest BCUT2D eigenvalue weighted by Crippen LogP contribution is 2.25. The Balaban J connectivity index is 1.83. The van der Waals surface area contributed by atoms with Crippen LogP contribution in [0.1, 0.15) is 71.1 Å². The van der Waals surface area contributed by atoms with Gasteiger partial charge in [0.2, 0.25) is 5.91 Å². The van der Waals surface area contributed by atoms with Crippen molar-refractivity contribution in [2.24, 2.45) is 11.8 Å². The van der Waals surface area contributed by atoms with Crippen LogP contribution < -0.4 is 5.32 Å². The number of nitrogens with one attached hydrogen (secondary N) is 1. The third-order valence-corrected chi connectivity index (χ3v) is 5.54. The van der Waals surface area contributed by atoms with Crippen LogP contribution in [0.15, 0.2) is 0 Å². The number of piperidine rings is 1. The molecule has 1 amide bonds. The second-order valence-corrected chi connectivity index (χ2v) is 7.63. The number of aliphatic hydroxyl groups is 1. The minimum absolute atomic E-state index is 0.263. The lowest BCUT2D eigenvalue weighted by Crippen LogP contribution is -2.52. The smallest absolute Gasteiger partial charge is 0.222 e. The molecule has 23 heavy (non-hydrogen) atoms. The number of carbonyl (C=O) groups is 1. The van der Waals surface area contributed by atoms with Gasteiger partial charge in [-0.15, -0.1) is 0 Å². The minimum atomic E-state index is 0.263. The Morgan fingerprint density at radius 2 is 1.96 bits per heavy atom. The molecule has 2 atom stereocenters. The Morgan fingerprint density at radius 1 is 1.17 bits per heavy atom. The van der Waals surface area contributed by atoms with E-state index < -0.39 is 0 Å². The van der Waals surface area contributed by atoms with Gasteiger partial charge in [0.1, 0.15) is 0 Å². The number of hydrogen-bond acceptors (Lipinski definition) is 3. The summed E-state index contributed by atoms with van der Waals surface area (Å²) in [4.78, 5) is 14.4. The van der Waals surface area contributed by atoms with Crippen molar-refractivity contribution < 1.29 is 9.90 Å². The Bertz CT molecular complexity index is 342. The van der Waals surface area contributed by atoms with Crippen molar-refractivity contribution in [2.45, 2.75) is 77.2 Å². The molecule has 2 aliphatic rings. The van der Waals surface area contributed by atoms with E-state index in [0.29, 0.717) is 24.3 Å². The lowest BCUT2D eigenvalue weighted by Gasteiger charge is -2.39. The predicted octanol–water partition coefficient (Wildman–Crippen LogP) is 2.95. The SMILES string of the molecule is CCCC(=O)N1CC(CCCO)CC(NCC2CCCCC2)C1. The van der Waals surface area contributed by atoms with E-state index in [9.17, 15) is 4.79 Å². The molecule has 0 spiro atoms. The fourth-order valence-electron chi connectivity index (χ4n) is 4.24. The van der Waals surface area contributed by atoms with Crippen LogP contribution in [0.4, 0.5) is 0 Å². The number of rotatable bonds is 8. The van der Waals surface area contributed by atoms with Gasteiger partial charge in [0.05, 0.1) is 0 Å². The molecule has 0 aromatic carbocycles. The van der Waals surface area contributed by atoms with Gasteiger partial charge < -0.3 is 15.3 Å². The van der Waals surface area contributed by atoms with Gasteiger partial charge in [-0.25, -0.2) is 0 Å². The van der Waals surface area contributed by atoms with Crippen molar-refractivity contribution in [2.75, 3.05) is 26.2 Å². The summed E-state index contributed by atoms with van der Waals surface area (Å²) >= 11 is 0. The van der Waals surface area contributed by atoms with E-state index in [1.807, 2.05) is 0 Å². The molecule has 134 valence electrons. The molecule has 4 heteroatoms. The van der Waals surface area contributed by atoms with Gasteiger partial charge in [0.15, 0.2) is 0 Å². The van der Waals surface area contributed by atoms with Crippen molar-refractivity contribution in [1.29, 1.82) is 0 Å². The van der Waals surface area contributed by atoms with Gasteiger partial charge in [-0.3, -0.25) is 4.79 Å². The number of amides is 1. The maximum absolute atomic E-state index is 12.3. The molecule has 2 fully saturated rings. The van der Waals surface area contributed by atoms with E-state index in [2.05, 4.69) is 17.1 Å². The summed E-state index contributed by atoms with van der Waals surface area (Å²) in [6, 6.07) is 0.440. The third kappa shape index (κ3) is 6.42. The summed E-state index contributed by atoms with van der Waals surface area (Å²) in [7, 11) is 0. The molecule has 1 aliphatic heterocycles. The molecule has 0 radical (unpaired) electrons. The number of hydrogen-bond donors (Lipinski definition) is 2. The molecule has 1 saturated heterocycles. The molecule has 1 saturated carbocycles. The molecule has 2 unspecified atom stereocenters. The maximum Gasteiger partial charge on any atom is 0.222 e. The van der Waals surface area contributed by atoms with E-state index in [4.69, 9.17) is 5.11 Å². The van der Waals surface area contributed by atoms with E-state index >= 15 is 0 Å². The molecule has 0 aromatic heterocycles. The van der Waals surface area contributed by atoms with Gasteiger partial charge >= 0.3 is 0 Å². The molecule has 0 aromatic rings. The van der Waals surface area contributed by atoms with Crippen LogP contribution in [0.3, 0.4) is 0 Å². The Kier molecular flexibility index (Phi) is 8.38. The molecule has 4 nitrogen and oxygen atoms in total. The van der Waals surface area contributed by atoms with Gasteiger partial charge in [0, 0.05) is 32.2 Å². The van der Waals surface area contributed by atoms with Crippen molar-refractivity contribution >= 4 is 5.91 Å². The molecule has 2 rings (SSSR count). The highest BCUT2D eigenvalue weighted by molar-refractivity contribution is 5.76. The highest BCUT2D eigenvalue weighted by atomic mass is 16.2. The van der Waals surface area contributed by atoms with Gasteiger partial charge in [0.25, 0.3) is 0 Å². The van der Waals surface area contributed by atoms with Crippen LogP contribution in [0.25, 0.3) is 0 Å². The predicted molar refractivity (Wildman–Crippen MR) is 94.3 cm³/mol. The fourth-order valence-corrected chi connectivity index (χ4v) is 4.24. The number of aliphatic hydroxyl groups excluding tert-OH is 1. The van der Waals surface area contributed by atoms with Crippen LogP contribution in [0, 0.1) is 11.8 Å². The second kappa shape index (κ2) is 10.3. The number of likely N-dealkylation sites (tertiary alicyclic amines) is 1. The van der Waals surface area contributed by atoms with Crippen molar-refractivity contribution in [3.63, 3.8) is 0 Å². The zero-order valence-electron chi connectivity index (χ0n) is 14.9. The summed E-state index contributed by atoms with van der Waals surface area (Å²) in [5.41, 5.74) is 0. The lowest BCUT2D eigenvalue weighted by molar-refractivity contribution is -0.133. The van der Waals surface area contributed by atoms with Crippen LogP contribution >= 0.6 is 0 Å². The van der Waals surface area contributed by atoms with E-state index in [-0.39, 0.29) is 6.61 Å². The Labute approximate surface area is 142 Å². The molecular weight excluding hydrogens is 288 g/mol. The maximum atomic E-state index is 12.3. The van der Waals surface area contributed by atoms with Gasteiger partial charge in [-0.1, -0.05) is 26.2 Å². The first kappa shape index (κ1) is 18.7. The summed E-state index contributed by atoms with van der Waals surface area (Å²) in [5, 5.41) is 12.9. The van der Waals surface area contributed by atoms with Crippen LogP contribution in [0.2, 0.25) is 0 Å². The summed E-state index contributed by atoms with van der Waals surface area (Å²) in [6.07, 6.45) is 11.6. The molecule has 0 bridgehead atoms. The topological polar surface area (TPSA) is 52.6 Å². The van der Waals surface area contributed by atoms with Gasteiger partial charge in [-0.2, -0.15) is 0 Å². The van der Waals surface area contributed by atoms with Crippen molar-refractivity contribution in [3.05, 3.63) is 0 Å². The van der Waals surface area contributed by atoms with Crippen molar-refractivity contribution in [3.8, 4) is 0 Å². The average molecular weight is 325 g/mol. The van der Waals surface area contributed by atoms with Crippen molar-refractivity contribution in [1.82, 2.24) is 10.2 Å². The molecule has 1 heterocycles. The lowest BCUT2D eigenvalue weighted by atomic mass is 9.87. The first-order valence-corrected chi connectivity index (χ1v) is 9.85. The van der Waals surface area contributed by atoms with Crippen LogP contribution in [-0.4, -0.2) is 48.2 Å². The van der Waals surface area contributed by atoms with E-state index in [0.717, 1.165) is 51.2 Å².